The average Bonchev–Trinajstić information content (AvgIpc) is 2.95. The maximum absolute atomic E-state index is 11.1. The number of hydrogen-bond acceptors (Lipinski definition) is 5. The van der Waals surface area contributed by atoms with Crippen molar-refractivity contribution >= 4 is 5.91 Å². The average molecular weight is 296 g/mol. The quantitative estimate of drug-likeness (QED) is 0.661. The van der Waals surface area contributed by atoms with Crippen LogP contribution in [0.25, 0.3) is 0 Å². The van der Waals surface area contributed by atoms with Crippen molar-refractivity contribution in [2.24, 2.45) is 5.73 Å². The molecule has 1 amide bonds. The van der Waals surface area contributed by atoms with Crippen molar-refractivity contribution in [3.63, 3.8) is 0 Å². The SMILES string of the molecule is CCOCC(O)CN1CCCC(c2cc(C(N)=O)n[nH]2)C1. The molecule has 0 aliphatic carbocycles. The van der Waals surface area contributed by atoms with E-state index >= 15 is 0 Å². The maximum Gasteiger partial charge on any atom is 0.269 e. The Morgan fingerprint density at radius 3 is 3.19 bits per heavy atom. The number of carbonyl (C=O) groups is 1. The number of aromatic nitrogens is 2. The maximum atomic E-state index is 11.1. The number of nitrogens with zero attached hydrogens (tertiary/aromatic N) is 2. The van der Waals surface area contributed by atoms with Crippen molar-refractivity contribution in [1.82, 2.24) is 15.1 Å². The van der Waals surface area contributed by atoms with E-state index in [2.05, 4.69) is 15.1 Å². The first-order valence-electron chi connectivity index (χ1n) is 7.43. The minimum absolute atomic E-state index is 0.276. The monoisotopic (exact) mass is 296 g/mol. The molecule has 2 unspecified atom stereocenters. The summed E-state index contributed by atoms with van der Waals surface area (Å²) in [5, 5.41) is 16.7. The zero-order valence-corrected chi connectivity index (χ0v) is 12.4. The van der Waals surface area contributed by atoms with E-state index in [-0.39, 0.29) is 5.69 Å². The Morgan fingerprint density at radius 2 is 2.52 bits per heavy atom. The highest BCUT2D eigenvalue weighted by molar-refractivity contribution is 5.90. The number of aliphatic hydroxyl groups excluding tert-OH is 1. The van der Waals surface area contributed by atoms with Crippen LogP contribution in [0, 0.1) is 0 Å². The molecular formula is C14H24N4O3. The molecule has 0 aromatic carbocycles. The highest BCUT2D eigenvalue weighted by Crippen LogP contribution is 2.25. The Morgan fingerprint density at radius 1 is 1.71 bits per heavy atom. The Kier molecular flexibility index (Phi) is 5.72. The van der Waals surface area contributed by atoms with Crippen LogP contribution in [0.4, 0.5) is 0 Å². The van der Waals surface area contributed by atoms with Gasteiger partial charge in [0, 0.05) is 31.3 Å². The number of β-amino-alcohol motifs (C(OH)–C–C–N with tert-alkyl or cyclic N) is 1. The van der Waals surface area contributed by atoms with E-state index in [1.807, 2.05) is 6.92 Å². The van der Waals surface area contributed by atoms with Crippen LogP contribution in [0.2, 0.25) is 0 Å². The zero-order valence-electron chi connectivity index (χ0n) is 12.4. The Hall–Kier alpha value is -1.44. The largest absolute Gasteiger partial charge is 0.389 e. The van der Waals surface area contributed by atoms with Crippen LogP contribution in [0.15, 0.2) is 6.07 Å². The zero-order chi connectivity index (χ0) is 15.2. The molecular weight excluding hydrogens is 272 g/mol. The lowest BCUT2D eigenvalue weighted by atomic mass is 9.94. The molecule has 2 rings (SSSR count). The first-order valence-corrected chi connectivity index (χ1v) is 7.43. The molecule has 1 aliphatic heterocycles. The number of ether oxygens (including phenoxy) is 1. The number of amides is 1. The van der Waals surface area contributed by atoms with E-state index < -0.39 is 12.0 Å². The van der Waals surface area contributed by atoms with Crippen LogP contribution in [0.1, 0.15) is 41.9 Å². The molecule has 0 spiro atoms. The number of nitrogens with one attached hydrogen (secondary N) is 1. The standard InChI is InChI=1S/C14H24N4O3/c1-2-21-9-11(19)8-18-5-3-4-10(7-18)12-6-13(14(15)20)17-16-12/h6,10-11,19H,2-5,7-9H2,1H3,(H2,15,20)(H,16,17). The number of piperidine rings is 1. The third kappa shape index (κ3) is 4.52. The molecule has 1 aliphatic rings. The predicted octanol–water partition coefficient (Wildman–Crippen LogP) is 0.0854. The second-order valence-electron chi connectivity index (χ2n) is 5.48. The summed E-state index contributed by atoms with van der Waals surface area (Å²) >= 11 is 0. The summed E-state index contributed by atoms with van der Waals surface area (Å²) in [6.45, 7) is 5.31. The van der Waals surface area contributed by atoms with E-state index in [1.165, 1.54) is 0 Å². The molecule has 0 bridgehead atoms. The van der Waals surface area contributed by atoms with Crippen molar-refractivity contribution in [3.8, 4) is 0 Å². The number of H-pyrrole nitrogens is 1. The molecule has 2 heterocycles. The van der Waals surface area contributed by atoms with E-state index in [1.54, 1.807) is 6.07 Å². The fourth-order valence-corrected chi connectivity index (χ4v) is 2.75. The van der Waals surface area contributed by atoms with Crippen LogP contribution in [-0.4, -0.2) is 65.1 Å². The van der Waals surface area contributed by atoms with Gasteiger partial charge in [-0.3, -0.25) is 9.89 Å². The summed E-state index contributed by atoms with van der Waals surface area (Å²) in [4.78, 5) is 13.3. The molecule has 7 nitrogen and oxygen atoms in total. The molecule has 7 heteroatoms. The highest BCUT2D eigenvalue weighted by atomic mass is 16.5. The first kappa shape index (κ1) is 15.9. The summed E-state index contributed by atoms with van der Waals surface area (Å²) in [6, 6.07) is 1.73. The fraction of sp³-hybridized carbons (Fsp3) is 0.714. The van der Waals surface area contributed by atoms with Crippen molar-refractivity contribution < 1.29 is 14.6 Å². The molecule has 1 fully saturated rings. The van der Waals surface area contributed by atoms with Crippen LogP contribution < -0.4 is 5.73 Å². The number of primary amides is 1. The number of aromatic amines is 1. The Bertz CT molecular complexity index is 463. The van der Waals surface area contributed by atoms with Crippen LogP contribution in [0.5, 0.6) is 0 Å². The van der Waals surface area contributed by atoms with Crippen LogP contribution >= 0.6 is 0 Å². The molecule has 0 radical (unpaired) electrons. The van der Waals surface area contributed by atoms with Crippen molar-refractivity contribution in [2.45, 2.75) is 31.8 Å². The van der Waals surface area contributed by atoms with Crippen molar-refractivity contribution in [1.29, 1.82) is 0 Å². The van der Waals surface area contributed by atoms with Crippen LogP contribution in [-0.2, 0) is 4.74 Å². The fourth-order valence-electron chi connectivity index (χ4n) is 2.75. The van der Waals surface area contributed by atoms with Gasteiger partial charge < -0.3 is 20.5 Å². The summed E-state index contributed by atoms with van der Waals surface area (Å²) in [5.41, 5.74) is 6.43. The number of hydrogen-bond donors (Lipinski definition) is 3. The molecule has 2 atom stereocenters. The summed E-state index contributed by atoms with van der Waals surface area (Å²) in [5.74, 6) is -0.226. The summed E-state index contributed by atoms with van der Waals surface area (Å²) in [7, 11) is 0. The first-order chi connectivity index (χ1) is 10.1. The van der Waals surface area contributed by atoms with Gasteiger partial charge in [-0.15, -0.1) is 0 Å². The van der Waals surface area contributed by atoms with E-state index in [9.17, 15) is 9.90 Å². The summed E-state index contributed by atoms with van der Waals surface area (Å²) < 4.78 is 5.23. The van der Waals surface area contributed by atoms with Gasteiger partial charge in [0.15, 0.2) is 0 Å². The number of nitrogens with two attached hydrogens (primary N) is 1. The van der Waals surface area contributed by atoms with Gasteiger partial charge in [-0.25, -0.2) is 0 Å². The molecule has 1 saturated heterocycles. The van der Waals surface area contributed by atoms with Crippen molar-refractivity contribution in [2.75, 3.05) is 32.8 Å². The second kappa shape index (κ2) is 7.53. The number of likely N-dealkylation sites (tertiary alicyclic amines) is 1. The third-order valence-electron chi connectivity index (χ3n) is 3.78. The van der Waals surface area contributed by atoms with Crippen molar-refractivity contribution in [3.05, 3.63) is 17.5 Å². The Labute approximate surface area is 124 Å². The lowest BCUT2D eigenvalue weighted by Crippen LogP contribution is -2.40. The van der Waals surface area contributed by atoms with Gasteiger partial charge in [-0.05, 0) is 32.4 Å². The lowest BCUT2D eigenvalue weighted by molar-refractivity contribution is 0.0160. The molecule has 0 saturated carbocycles. The second-order valence-corrected chi connectivity index (χ2v) is 5.48. The summed E-state index contributed by atoms with van der Waals surface area (Å²) in [6.07, 6.45) is 1.63. The highest BCUT2D eigenvalue weighted by Gasteiger charge is 2.24. The number of carbonyl (C=O) groups excluding carboxylic acids is 1. The van der Waals surface area contributed by atoms with Gasteiger partial charge in [-0.2, -0.15) is 5.10 Å². The predicted molar refractivity (Wildman–Crippen MR) is 78.0 cm³/mol. The molecule has 1 aromatic rings. The van der Waals surface area contributed by atoms with Gasteiger partial charge >= 0.3 is 0 Å². The van der Waals surface area contributed by atoms with Gasteiger partial charge in [0.1, 0.15) is 5.69 Å². The molecule has 1 aromatic heterocycles. The smallest absolute Gasteiger partial charge is 0.269 e. The number of rotatable bonds is 7. The minimum atomic E-state index is -0.516. The van der Waals surface area contributed by atoms with Gasteiger partial charge in [0.05, 0.1) is 12.7 Å². The topological polar surface area (TPSA) is 104 Å². The van der Waals surface area contributed by atoms with Crippen LogP contribution in [0.3, 0.4) is 0 Å². The van der Waals surface area contributed by atoms with E-state index in [0.717, 1.165) is 31.6 Å². The third-order valence-corrected chi connectivity index (χ3v) is 3.78. The molecule has 21 heavy (non-hydrogen) atoms. The van der Waals surface area contributed by atoms with Gasteiger partial charge in [0.2, 0.25) is 0 Å². The lowest BCUT2D eigenvalue weighted by Gasteiger charge is -2.33. The normalized spacial score (nSPS) is 21.3. The Balaban J connectivity index is 1.89. The number of aliphatic hydroxyl groups is 1. The van der Waals surface area contributed by atoms with Gasteiger partial charge in [0.25, 0.3) is 5.91 Å². The minimum Gasteiger partial charge on any atom is -0.389 e. The molecule has 118 valence electrons. The molecule has 4 N–H and O–H groups in total. The van der Waals surface area contributed by atoms with Gasteiger partial charge in [-0.1, -0.05) is 0 Å². The van der Waals surface area contributed by atoms with E-state index in [0.29, 0.717) is 25.7 Å². The van der Waals surface area contributed by atoms with E-state index in [4.69, 9.17) is 10.5 Å².